The Morgan fingerprint density at radius 2 is 2.17 bits per heavy atom. The predicted octanol–water partition coefficient (Wildman–Crippen LogP) is -0.115. The zero-order valence-electron chi connectivity index (χ0n) is 10.6. The van der Waals surface area contributed by atoms with E-state index >= 15 is 0 Å². The number of carbonyl (C=O) groups excluding carboxylic acids is 2. The van der Waals surface area contributed by atoms with Gasteiger partial charge in [0.05, 0.1) is 20.1 Å². The van der Waals surface area contributed by atoms with Crippen molar-refractivity contribution >= 4 is 11.9 Å². The lowest BCUT2D eigenvalue weighted by atomic mass is 10.4. The molecule has 1 heterocycles. The first kappa shape index (κ1) is 14.2. The van der Waals surface area contributed by atoms with Gasteiger partial charge in [-0.15, -0.1) is 4.74 Å². The van der Waals surface area contributed by atoms with E-state index in [2.05, 4.69) is 4.74 Å². The molecule has 7 heteroatoms. The van der Waals surface area contributed by atoms with Crippen LogP contribution < -0.4 is 5.56 Å². The molecule has 0 aliphatic rings. The number of ether oxygens (including phenoxy) is 1. The van der Waals surface area contributed by atoms with Crippen molar-refractivity contribution in [2.75, 3.05) is 27.2 Å². The van der Waals surface area contributed by atoms with Crippen LogP contribution >= 0.6 is 0 Å². The van der Waals surface area contributed by atoms with Crippen molar-refractivity contribution < 1.29 is 18.8 Å². The second-order valence-electron chi connectivity index (χ2n) is 3.94. The Balaban J connectivity index is 2.52. The lowest BCUT2D eigenvalue weighted by Gasteiger charge is -2.13. The van der Waals surface area contributed by atoms with Crippen molar-refractivity contribution in [3.63, 3.8) is 0 Å². The summed E-state index contributed by atoms with van der Waals surface area (Å²) in [5.74, 6) is -0.439. The number of likely N-dealkylation sites (N-methyl/N-ethyl adjacent to an activating group) is 1. The Morgan fingerprint density at radius 3 is 2.67 bits per heavy atom. The molecule has 0 fully saturated rings. The maximum absolute atomic E-state index is 11.7. The van der Waals surface area contributed by atoms with Gasteiger partial charge >= 0.3 is 5.97 Å². The van der Waals surface area contributed by atoms with E-state index in [1.165, 1.54) is 13.2 Å². The second-order valence-corrected chi connectivity index (χ2v) is 3.94. The van der Waals surface area contributed by atoms with Crippen LogP contribution in [0.15, 0.2) is 15.4 Å². The third kappa shape index (κ3) is 3.85. The van der Waals surface area contributed by atoms with E-state index in [-0.39, 0.29) is 18.9 Å². The molecule has 0 saturated heterocycles. The maximum Gasteiger partial charge on any atom is 0.306 e. The summed E-state index contributed by atoms with van der Waals surface area (Å²) in [4.78, 5) is 35.6. The normalized spacial score (nSPS) is 10.7. The molecule has 0 aromatic carbocycles. The Kier molecular flexibility index (Phi) is 4.85. The number of hydrogen-bond acceptors (Lipinski definition) is 6. The molecule has 7 nitrogen and oxygen atoms in total. The zero-order valence-corrected chi connectivity index (χ0v) is 10.6. The molecule has 1 rings (SSSR count). The molecule has 0 radical (unpaired) electrons. The summed E-state index contributed by atoms with van der Waals surface area (Å²) in [5.41, 5.74) is -0.487. The van der Waals surface area contributed by atoms with E-state index in [1.54, 1.807) is 18.9 Å². The van der Waals surface area contributed by atoms with Gasteiger partial charge in [0.1, 0.15) is 5.76 Å². The summed E-state index contributed by atoms with van der Waals surface area (Å²) in [7, 11) is 2.97. The SMILES string of the molecule is COC(=O)CCN(C)CC(=O)n1oc(C)cc1=O. The molecule has 0 atom stereocenters. The average Bonchev–Trinajstić information content (AvgIpc) is 2.65. The minimum absolute atomic E-state index is 0.0101. The molecule has 18 heavy (non-hydrogen) atoms. The molecule has 0 saturated carbocycles. The molecule has 100 valence electrons. The van der Waals surface area contributed by atoms with Crippen molar-refractivity contribution in [3.05, 3.63) is 22.2 Å². The van der Waals surface area contributed by atoms with Gasteiger partial charge < -0.3 is 9.26 Å². The summed E-state index contributed by atoms with van der Waals surface area (Å²) in [6.45, 7) is 1.95. The van der Waals surface area contributed by atoms with Gasteiger partial charge in [0.15, 0.2) is 0 Å². The molecule has 1 aromatic rings. The van der Waals surface area contributed by atoms with Crippen LogP contribution in [0.4, 0.5) is 0 Å². The lowest BCUT2D eigenvalue weighted by molar-refractivity contribution is -0.140. The van der Waals surface area contributed by atoms with Gasteiger partial charge in [-0.2, -0.15) is 0 Å². The van der Waals surface area contributed by atoms with Gasteiger partial charge in [-0.05, 0) is 14.0 Å². The number of hydrogen-bond donors (Lipinski definition) is 0. The first-order chi connectivity index (χ1) is 8.43. The molecule has 0 aliphatic heterocycles. The van der Waals surface area contributed by atoms with Crippen molar-refractivity contribution in [2.24, 2.45) is 0 Å². The largest absolute Gasteiger partial charge is 0.469 e. The van der Waals surface area contributed by atoms with E-state index in [0.29, 0.717) is 17.0 Å². The number of methoxy groups -OCH3 is 1. The van der Waals surface area contributed by atoms with Crippen molar-refractivity contribution in [1.82, 2.24) is 9.64 Å². The first-order valence-corrected chi connectivity index (χ1v) is 5.42. The fraction of sp³-hybridized carbons (Fsp3) is 0.545. The third-order valence-electron chi connectivity index (χ3n) is 2.32. The van der Waals surface area contributed by atoms with E-state index < -0.39 is 11.5 Å². The molecular formula is C11H16N2O5. The van der Waals surface area contributed by atoms with Crippen molar-refractivity contribution in [3.8, 4) is 0 Å². The topological polar surface area (TPSA) is 81.8 Å². The van der Waals surface area contributed by atoms with E-state index in [4.69, 9.17) is 4.52 Å². The molecule has 0 spiro atoms. The van der Waals surface area contributed by atoms with Gasteiger partial charge in [-0.3, -0.25) is 19.3 Å². The van der Waals surface area contributed by atoms with E-state index in [0.717, 1.165) is 0 Å². The summed E-state index contributed by atoms with van der Waals surface area (Å²) < 4.78 is 10.2. The molecular weight excluding hydrogens is 240 g/mol. The highest BCUT2D eigenvalue weighted by atomic mass is 16.5. The van der Waals surface area contributed by atoms with Crippen LogP contribution in [-0.2, 0) is 9.53 Å². The number of esters is 1. The van der Waals surface area contributed by atoms with Gasteiger partial charge in [0.25, 0.3) is 11.5 Å². The van der Waals surface area contributed by atoms with Crippen LogP contribution in [0, 0.1) is 6.92 Å². The molecule has 1 aromatic heterocycles. The number of rotatable bonds is 5. The lowest BCUT2D eigenvalue weighted by Crippen LogP contribution is -2.34. The molecule has 0 amide bonds. The molecule has 0 unspecified atom stereocenters. The Labute approximate surface area is 104 Å². The highest BCUT2D eigenvalue weighted by molar-refractivity contribution is 5.79. The Bertz CT molecular complexity index is 488. The maximum atomic E-state index is 11.7. The summed E-state index contributed by atoms with van der Waals surface area (Å²) >= 11 is 0. The number of carbonyl (C=O) groups is 2. The van der Waals surface area contributed by atoms with Crippen LogP contribution in [0.5, 0.6) is 0 Å². The fourth-order valence-electron chi connectivity index (χ4n) is 1.38. The fourth-order valence-corrected chi connectivity index (χ4v) is 1.38. The summed E-state index contributed by atoms with van der Waals surface area (Å²) in [5, 5.41) is 0. The number of aryl methyl sites for hydroxylation is 1. The molecule has 0 bridgehead atoms. The van der Waals surface area contributed by atoms with Gasteiger partial charge in [-0.25, -0.2) is 0 Å². The van der Waals surface area contributed by atoms with Crippen LogP contribution in [-0.4, -0.2) is 48.8 Å². The summed E-state index contributed by atoms with van der Waals surface area (Å²) in [6.07, 6.45) is 0.187. The quantitative estimate of drug-likeness (QED) is 0.683. The smallest absolute Gasteiger partial charge is 0.306 e. The van der Waals surface area contributed by atoms with Crippen molar-refractivity contribution in [1.29, 1.82) is 0 Å². The van der Waals surface area contributed by atoms with Crippen LogP contribution in [0.3, 0.4) is 0 Å². The van der Waals surface area contributed by atoms with Crippen LogP contribution in [0.1, 0.15) is 17.0 Å². The summed E-state index contributed by atoms with van der Waals surface area (Å²) in [6, 6.07) is 1.24. The van der Waals surface area contributed by atoms with Gasteiger partial charge in [-0.1, -0.05) is 0 Å². The first-order valence-electron chi connectivity index (χ1n) is 5.42. The van der Waals surface area contributed by atoms with E-state index in [1.807, 2.05) is 0 Å². The minimum atomic E-state index is -0.487. The van der Waals surface area contributed by atoms with Crippen molar-refractivity contribution in [2.45, 2.75) is 13.3 Å². The Hall–Kier alpha value is -1.89. The predicted molar refractivity (Wildman–Crippen MR) is 62.5 cm³/mol. The Morgan fingerprint density at radius 1 is 1.50 bits per heavy atom. The van der Waals surface area contributed by atoms with Crippen LogP contribution in [0.2, 0.25) is 0 Å². The zero-order chi connectivity index (χ0) is 13.7. The average molecular weight is 256 g/mol. The highest BCUT2D eigenvalue weighted by Gasteiger charge is 2.14. The number of nitrogens with zero attached hydrogens (tertiary/aromatic N) is 2. The van der Waals surface area contributed by atoms with Crippen LogP contribution in [0.25, 0.3) is 0 Å². The molecule has 0 N–H and O–H groups in total. The highest BCUT2D eigenvalue weighted by Crippen LogP contribution is 1.95. The minimum Gasteiger partial charge on any atom is -0.469 e. The monoisotopic (exact) mass is 256 g/mol. The molecule has 0 aliphatic carbocycles. The van der Waals surface area contributed by atoms with Gasteiger partial charge in [0, 0.05) is 12.6 Å². The number of aromatic nitrogens is 1. The standard InChI is InChI=1S/C11H16N2O5/c1-8-6-9(14)13(18-8)10(15)7-12(2)5-4-11(16)17-3/h6H,4-5,7H2,1-3H3. The van der Waals surface area contributed by atoms with E-state index in [9.17, 15) is 14.4 Å². The van der Waals surface area contributed by atoms with Gasteiger partial charge in [0.2, 0.25) is 0 Å². The second kappa shape index (κ2) is 6.15. The third-order valence-corrected chi connectivity index (χ3v) is 2.32.